The van der Waals surface area contributed by atoms with Gasteiger partial charge < -0.3 is 19.8 Å². The largest absolute Gasteiger partial charge is 0.452 e. The number of nitrogens with zero attached hydrogens (tertiary/aromatic N) is 1. The van der Waals surface area contributed by atoms with Gasteiger partial charge in [-0.2, -0.15) is 0 Å². The van der Waals surface area contributed by atoms with Crippen molar-refractivity contribution in [1.82, 2.24) is 4.90 Å². The Bertz CT molecular complexity index is 837. The van der Waals surface area contributed by atoms with Gasteiger partial charge in [-0.3, -0.25) is 4.79 Å². The molecule has 0 saturated carbocycles. The maximum absolute atomic E-state index is 12.5. The molecule has 0 heterocycles. The Morgan fingerprint density at radius 1 is 0.964 bits per heavy atom. The van der Waals surface area contributed by atoms with Gasteiger partial charge in [0, 0.05) is 13.5 Å². The summed E-state index contributed by atoms with van der Waals surface area (Å²) in [7, 11) is 0. The van der Waals surface area contributed by atoms with Gasteiger partial charge in [0.05, 0.1) is 5.56 Å². The van der Waals surface area contributed by atoms with E-state index in [4.69, 9.17) is 4.74 Å². The van der Waals surface area contributed by atoms with Crippen molar-refractivity contribution in [1.29, 1.82) is 0 Å². The summed E-state index contributed by atoms with van der Waals surface area (Å²) in [5, 5.41) is 20.7. The minimum absolute atomic E-state index is 0.220. The molecule has 1 aliphatic carbocycles. The van der Waals surface area contributed by atoms with Crippen LogP contribution in [0.15, 0.2) is 72.8 Å². The molecule has 146 valence electrons. The predicted octanol–water partition coefficient (Wildman–Crippen LogP) is 1.92. The summed E-state index contributed by atoms with van der Waals surface area (Å²) in [5.74, 6) is -0.858. The van der Waals surface area contributed by atoms with E-state index in [1.165, 1.54) is 24.0 Å². The smallest absolute Gasteiger partial charge is 0.338 e. The normalized spacial score (nSPS) is 23.8. The van der Waals surface area contributed by atoms with Gasteiger partial charge >= 0.3 is 5.97 Å². The minimum Gasteiger partial charge on any atom is -0.452 e. The van der Waals surface area contributed by atoms with Gasteiger partial charge in [-0.15, -0.1) is 0 Å². The maximum atomic E-state index is 12.5. The molecule has 6 heteroatoms. The molecule has 1 aliphatic rings. The Hall–Kier alpha value is -2.96. The van der Waals surface area contributed by atoms with Gasteiger partial charge in [0.15, 0.2) is 0 Å². The molecular weight excluding hydrogens is 358 g/mol. The molecular formula is C22H23NO5. The summed E-state index contributed by atoms with van der Waals surface area (Å²) >= 11 is 0. The third-order valence-electron chi connectivity index (χ3n) is 4.75. The number of esters is 1. The number of hydrogen-bond acceptors (Lipinski definition) is 5. The van der Waals surface area contributed by atoms with Crippen LogP contribution in [0.1, 0.15) is 22.8 Å². The number of ether oxygens (including phenoxy) is 1. The van der Waals surface area contributed by atoms with E-state index in [1.807, 2.05) is 30.3 Å². The Labute approximate surface area is 163 Å². The first-order chi connectivity index (χ1) is 13.5. The lowest BCUT2D eigenvalue weighted by molar-refractivity contribution is -0.142. The summed E-state index contributed by atoms with van der Waals surface area (Å²) in [6.07, 6.45) is -0.436. The number of hydrogen-bond donors (Lipinski definition) is 2. The standard InChI is InChI=1S/C22H23NO5/c1-15(24)23(14-16-8-4-2-5-9-16)20-19(13-12-18(25)21(20)26)28-22(27)17-10-6-3-7-11-17/h2-13,18-21,25-26H,14H2,1H3/t18-,19+,20+,21-/m1/s1. The van der Waals surface area contributed by atoms with Gasteiger partial charge in [0.2, 0.25) is 5.91 Å². The Morgan fingerprint density at radius 2 is 1.57 bits per heavy atom. The Balaban J connectivity index is 1.87. The highest BCUT2D eigenvalue weighted by Gasteiger charge is 2.41. The van der Waals surface area contributed by atoms with Crippen molar-refractivity contribution in [2.24, 2.45) is 0 Å². The van der Waals surface area contributed by atoms with Gasteiger partial charge in [-0.05, 0) is 23.8 Å². The van der Waals surface area contributed by atoms with Crippen molar-refractivity contribution in [3.8, 4) is 0 Å². The van der Waals surface area contributed by atoms with E-state index < -0.39 is 30.3 Å². The average molecular weight is 381 g/mol. The second-order valence-electron chi connectivity index (χ2n) is 6.73. The molecule has 0 spiro atoms. The molecule has 0 saturated heterocycles. The summed E-state index contributed by atoms with van der Waals surface area (Å²) in [5.41, 5.74) is 1.23. The molecule has 6 nitrogen and oxygen atoms in total. The van der Waals surface area contributed by atoms with Crippen LogP contribution >= 0.6 is 0 Å². The highest BCUT2D eigenvalue weighted by atomic mass is 16.5. The third-order valence-corrected chi connectivity index (χ3v) is 4.75. The zero-order valence-electron chi connectivity index (χ0n) is 15.5. The SMILES string of the molecule is CC(=O)N(Cc1ccccc1)[C@@H]1[C@H](O)[C@H](O)C=C[C@@H]1OC(=O)c1ccccc1. The molecule has 0 unspecified atom stereocenters. The molecule has 0 radical (unpaired) electrons. The number of aliphatic hydroxyl groups is 2. The second kappa shape index (κ2) is 8.82. The average Bonchev–Trinajstić information content (AvgIpc) is 2.71. The number of amides is 1. The van der Waals surface area contributed by atoms with Crippen molar-refractivity contribution in [2.45, 2.75) is 37.8 Å². The fraction of sp³-hybridized carbons (Fsp3) is 0.273. The van der Waals surface area contributed by atoms with Crippen molar-refractivity contribution < 1.29 is 24.5 Å². The third kappa shape index (κ3) is 4.47. The zero-order chi connectivity index (χ0) is 20.1. The van der Waals surface area contributed by atoms with Crippen molar-refractivity contribution in [3.05, 3.63) is 83.9 Å². The minimum atomic E-state index is -1.29. The predicted molar refractivity (Wildman–Crippen MR) is 103 cm³/mol. The first kappa shape index (κ1) is 19.8. The molecule has 28 heavy (non-hydrogen) atoms. The second-order valence-corrected chi connectivity index (χ2v) is 6.73. The van der Waals surface area contributed by atoms with Gasteiger partial charge in [-0.25, -0.2) is 4.79 Å². The van der Waals surface area contributed by atoms with Crippen LogP contribution in [0.3, 0.4) is 0 Å². The van der Waals surface area contributed by atoms with Gasteiger partial charge in [0.1, 0.15) is 24.4 Å². The van der Waals surface area contributed by atoms with Crippen LogP contribution in [-0.2, 0) is 16.1 Å². The molecule has 0 aromatic heterocycles. The van der Waals surface area contributed by atoms with Crippen LogP contribution in [0.25, 0.3) is 0 Å². The van der Waals surface area contributed by atoms with Gasteiger partial charge in [-0.1, -0.05) is 54.6 Å². The summed E-state index contributed by atoms with van der Waals surface area (Å²) in [4.78, 5) is 26.3. The van der Waals surface area contributed by atoms with Crippen LogP contribution in [0.5, 0.6) is 0 Å². The van der Waals surface area contributed by atoms with Crippen molar-refractivity contribution in [2.75, 3.05) is 0 Å². The van der Waals surface area contributed by atoms with E-state index in [-0.39, 0.29) is 12.5 Å². The number of carbonyl (C=O) groups excluding carboxylic acids is 2. The van der Waals surface area contributed by atoms with E-state index in [1.54, 1.807) is 30.3 Å². The molecule has 4 atom stereocenters. The van der Waals surface area contributed by atoms with E-state index in [0.717, 1.165) is 5.56 Å². The van der Waals surface area contributed by atoms with Crippen LogP contribution < -0.4 is 0 Å². The molecule has 2 N–H and O–H groups in total. The van der Waals surface area contributed by atoms with Crippen LogP contribution in [0.4, 0.5) is 0 Å². The van der Waals surface area contributed by atoms with E-state index >= 15 is 0 Å². The summed E-state index contributed by atoms with van der Waals surface area (Å²) < 4.78 is 5.59. The number of benzene rings is 2. The first-order valence-corrected chi connectivity index (χ1v) is 9.09. The topological polar surface area (TPSA) is 87.1 Å². The lowest BCUT2D eigenvalue weighted by atomic mass is 9.91. The first-order valence-electron chi connectivity index (χ1n) is 9.09. The lowest BCUT2D eigenvalue weighted by Crippen LogP contribution is -2.58. The van der Waals surface area contributed by atoms with E-state index in [9.17, 15) is 19.8 Å². The Kier molecular flexibility index (Phi) is 6.23. The number of carbonyl (C=O) groups is 2. The molecule has 0 aliphatic heterocycles. The molecule has 3 rings (SSSR count). The zero-order valence-corrected chi connectivity index (χ0v) is 15.5. The van der Waals surface area contributed by atoms with E-state index in [2.05, 4.69) is 0 Å². The quantitative estimate of drug-likeness (QED) is 0.610. The maximum Gasteiger partial charge on any atom is 0.338 e. The molecule has 0 bridgehead atoms. The summed E-state index contributed by atoms with van der Waals surface area (Å²) in [6.45, 7) is 1.61. The number of aliphatic hydroxyl groups excluding tert-OH is 2. The monoisotopic (exact) mass is 381 g/mol. The molecule has 1 amide bonds. The van der Waals surface area contributed by atoms with Crippen LogP contribution in [0.2, 0.25) is 0 Å². The van der Waals surface area contributed by atoms with Crippen LogP contribution in [0, 0.1) is 0 Å². The molecule has 2 aromatic rings. The van der Waals surface area contributed by atoms with Crippen molar-refractivity contribution >= 4 is 11.9 Å². The summed E-state index contributed by atoms with van der Waals surface area (Å²) in [6, 6.07) is 16.9. The number of rotatable bonds is 5. The molecule has 0 fully saturated rings. The van der Waals surface area contributed by atoms with E-state index in [0.29, 0.717) is 5.56 Å². The van der Waals surface area contributed by atoms with Crippen molar-refractivity contribution in [3.63, 3.8) is 0 Å². The molecule has 2 aromatic carbocycles. The fourth-order valence-corrected chi connectivity index (χ4v) is 3.29. The van der Waals surface area contributed by atoms with Crippen LogP contribution in [-0.4, -0.2) is 51.3 Å². The lowest BCUT2D eigenvalue weighted by Gasteiger charge is -2.41. The highest BCUT2D eigenvalue weighted by Crippen LogP contribution is 2.25. The highest BCUT2D eigenvalue weighted by molar-refractivity contribution is 5.89. The fourth-order valence-electron chi connectivity index (χ4n) is 3.29. The Morgan fingerprint density at radius 3 is 2.18 bits per heavy atom. The van der Waals surface area contributed by atoms with Gasteiger partial charge in [0.25, 0.3) is 0 Å².